The monoisotopic (exact) mass is 357 g/mol. The number of hydrogen-bond acceptors (Lipinski definition) is 6. The Hall–Kier alpha value is -2.48. The number of carbonyl (C=O) groups is 1. The number of fused-ring (bicyclic) bond motifs is 1. The fraction of sp³-hybridized carbons (Fsp3) is 0.412. The number of nitrogens with zero attached hydrogens (tertiary/aromatic N) is 5. The normalized spacial score (nSPS) is 15.6. The van der Waals surface area contributed by atoms with Crippen LogP contribution >= 0.6 is 11.3 Å². The minimum atomic E-state index is 0.0382. The van der Waals surface area contributed by atoms with Crippen molar-refractivity contribution >= 4 is 22.2 Å². The molecule has 0 radical (unpaired) electrons. The fourth-order valence-electron chi connectivity index (χ4n) is 3.02. The molecule has 8 heteroatoms. The average Bonchev–Trinajstić information content (AvgIpc) is 3.23. The van der Waals surface area contributed by atoms with Crippen molar-refractivity contribution in [1.29, 1.82) is 0 Å². The van der Waals surface area contributed by atoms with Gasteiger partial charge in [0.05, 0.1) is 0 Å². The second-order valence-electron chi connectivity index (χ2n) is 6.14. The lowest BCUT2D eigenvalue weighted by Crippen LogP contribution is -2.40. The predicted octanol–water partition coefficient (Wildman–Crippen LogP) is 2.28. The molecule has 0 aliphatic carbocycles. The molecule has 4 rings (SSSR count). The van der Waals surface area contributed by atoms with Gasteiger partial charge in [0.2, 0.25) is 4.96 Å². The van der Waals surface area contributed by atoms with Crippen LogP contribution in [0.15, 0.2) is 30.3 Å². The zero-order valence-corrected chi connectivity index (χ0v) is 14.8. The third kappa shape index (κ3) is 3.34. The molecule has 0 unspecified atom stereocenters. The van der Waals surface area contributed by atoms with Crippen LogP contribution in [0.4, 0.5) is 0 Å². The first kappa shape index (κ1) is 16.0. The lowest BCUT2D eigenvalue weighted by molar-refractivity contribution is -0.134. The summed E-state index contributed by atoms with van der Waals surface area (Å²) in [5, 5.41) is 13.8. The first-order valence-electron chi connectivity index (χ1n) is 8.35. The predicted molar refractivity (Wildman–Crippen MR) is 93.9 cm³/mol. The van der Waals surface area contributed by atoms with Crippen LogP contribution in [0.5, 0.6) is 5.75 Å². The van der Waals surface area contributed by atoms with Gasteiger partial charge in [0.15, 0.2) is 12.4 Å². The SMILES string of the molecule is Cc1nnc2sc(C3CCN(C(=O)COc4ccccc4)CC3)nn12. The van der Waals surface area contributed by atoms with Crippen molar-refractivity contribution in [3.8, 4) is 5.75 Å². The van der Waals surface area contributed by atoms with Gasteiger partial charge in [-0.1, -0.05) is 29.5 Å². The molecular weight excluding hydrogens is 338 g/mol. The number of aryl methyl sites for hydroxylation is 1. The van der Waals surface area contributed by atoms with Crippen molar-refractivity contribution in [2.75, 3.05) is 19.7 Å². The van der Waals surface area contributed by atoms with Crippen LogP contribution in [0, 0.1) is 6.92 Å². The minimum Gasteiger partial charge on any atom is -0.484 e. The van der Waals surface area contributed by atoms with Crippen LogP contribution in [0.3, 0.4) is 0 Å². The second kappa shape index (κ2) is 6.79. The molecule has 1 amide bonds. The number of benzene rings is 1. The van der Waals surface area contributed by atoms with E-state index >= 15 is 0 Å². The molecule has 0 N–H and O–H groups in total. The van der Waals surface area contributed by atoms with E-state index in [1.165, 1.54) is 0 Å². The molecule has 130 valence electrons. The van der Waals surface area contributed by atoms with Crippen LogP contribution in [0.25, 0.3) is 4.96 Å². The number of carbonyl (C=O) groups excluding carboxylic acids is 1. The van der Waals surface area contributed by atoms with E-state index in [4.69, 9.17) is 4.74 Å². The van der Waals surface area contributed by atoms with E-state index in [1.807, 2.05) is 42.2 Å². The molecule has 7 nitrogen and oxygen atoms in total. The van der Waals surface area contributed by atoms with E-state index in [2.05, 4.69) is 15.3 Å². The lowest BCUT2D eigenvalue weighted by atomic mass is 9.97. The summed E-state index contributed by atoms with van der Waals surface area (Å²) in [6.45, 7) is 3.46. The summed E-state index contributed by atoms with van der Waals surface area (Å²) in [5.41, 5.74) is 0. The number of likely N-dealkylation sites (tertiary alicyclic amines) is 1. The number of rotatable bonds is 4. The van der Waals surface area contributed by atoms with Gasteiger partial charge >= 0.3 is 0 Å². The number of piperidine rings is 1. The van der Waals surface area contributed by atoms with E-state index in [0.717, 1.165) is 47.5 Å². The summed E-state index contributed by atoms with van der Waals surface area (Å²) in [4.78, 5) is 15.0. The van der Waals surface area contributed by atoms with Gasteiger partial charge in [-0.05, 0) is 31.9 Å². The maximum absolute atomic E-state index is 12.3. The van der Waals surface area contributed by atoms with Gasteiger partial charge < -0.3 is 9.64 Å². The number of hydrogen-bond donors (Lipinski definition) is 0. The summed E-state index contributed by atoms with van der Waals surface area (Å²) >= 11 is 1.59. The molecule has 1 aliphatic heterocycles. The molecule has 3 aromatic rings. The van der Waals surface area contributed by atoms with Crippen molar-refractivity contribution in [3.63, 3.8) is 0 Å². The number of ether oxygens (including phenoxy) is 1. The van der Waals surface area contributed by atoms with Crippen molar-refractivity contribution in [2.24, 2.45) is 0 Å². The number of amides is 1. The van der Waals surface area contributed by atoms with E-state index in [1.54, 1.807) is 15.9 Å². The fourth-order valence-corrected chi connectivity index (χ4v) is 4.08. The maximum atomic E-state index is 12.3. The van der Waals surface area contributed by atoms with Crippen LogP contribution < -0.4 is 4.74 Å². The molecule has 1 fully saturated rings. The Morgan fingerprint density at radius 3 is 2.72 bits per heavy atom. The first-order valence-corrected chi connectivity index (χ1v) is 9.17. The molecule has 1 aromatic carbocycles. The van der Waals surface area contributed by atoms with Gasteiger partial charge in [-0.25, -0.2) is 0 Å². The highest BCUT2D eigenvalue weighted by molar-refractivity contribution is 7.16. The largest absolute Gasteiger partial charge is 0.484 e. The van der Waals surface area contributed by atoms with E-state index < -0.39 is 0 Å². The molecule has 1 saturated heterocycles. The van der Waals surface area contributed by atoms with E-state index in [-0.39, 0.29) is 12.5 Å². The molecule has 1 aliphatic rings. The highest BCUT2D eigenvalue weighted by Gasteiger charge is 2.26. The van der Waals surface area contributed by atoms with Crippen molar-refractivity contribution in [2.45, 2.75) is 25.7 Å². The maximum Gasteiger partial charge on any atom is 0.260 e. The molecule has 3 heterocycles. The van der Waals surface area contributed by atoms with Crippen molar-refractivity contribution in [1.82, 2.24) is 24.7 Å². The highest BCUT2D eigenvalue weighted by atomic mass is 32.1. The Kier molecular flexibility index (Phi) is 4.35. The molecule has 0 atom stereocenters. The highest BCUT2D eigenvalue weighted by Crippen LogP contribution is 2.31. The van der Waals surface area contributed by atoms with E-state index in [0.29, 0.717) is 5.92 Å². The zero-order chi connectivity index (χ0) is 17.2. The standard InChI is InChI=1S/C17H19N5O2S/c1-12-18-19-17-22(12)20-16(25-17)13-7-9-21(10-8-13)15(23)11-24-14-5-3-2-4-6-14/h2-6,13H,7-11H2,1H3. The summed E-state index contributed by atoms with van der Waals surface area (Å²) in [5.74, 6) is 1.95. The summed E-state index contributed by atoms with van der Waals surface area (Å²) in [7, 11) is 0. The zero-order valence-electron chi connectivity index (χ0n) is 14.0. The number of para-hydroxylation sites is 1. The topological polar surface area (TPSA) is 72.6 Å². The second-order valence-corrected chi connectivity index (χ2v) is 7.13. The third-order valence-electron chi connectivity index (χ3n) is 4.46. The summed E-state index contributed by atoms with van der Waals surface area (Å²) < 4.78 is 7.35. The first-order chi connectivity index (χ1) is 12.2. The Morgan fingerprint density at radius 1 is 1.24 bits per heavy atom. The summed E-state index contributed by atoms with van der Waals surface area (Å²) in [6.07, 6.45) is 1.83. The number of aromatic nitrogens is 4. The van der Waals surface area contributed by atoms with Crippen molar-refractivity contribution < 1.29 is 9.53 Å². The average molecular weight is 357 g/mol. The van der Waals surface area contributed by atoms with Crippen LogP contribution in [-0.2, 0) is 4.79 Å². The third-order valence-corrected chi connectivity index (χ3v) is 5.53. The van der Waals surface area contributed by atoms with Crippen LogP contribution in [-0.4, -0.2) is 50.3 Å². The van der Waals surface area contributed by atoms with Crippen molar-refractivity contribution in [3.05, 3.63) is 41.2 Å². The van der Waals surface area contributed by atoms with Gasteiger partial charge in [-0.2, -0.15) is 9.61 Å². The molecule has 0 bridgehead atoms. The summed E-state index contributed by atoms with van der Waals surface area (Å²) in [6, 6.07) is 9.43. The molecule has 25 heavy (non-hydrogen) atoms. The molecular formula is C17H19N5O2S. The Balaban J connectivity index is 1.32. The van der Waals surface area contributed by atoms with Crippen LogP contribution in [0.2, 0.25) is 0 Å². The molecule has 2 aromatic heterocycles. The smallest absolute Gasteiger partial charge is 0.260 e. The Morgan fingerprint density at radius 2 is 2.00 bits per heavy atom. The minimum absolute atomic E-state index is 0.0382. The molecule has 0 spiro atoms. The lowest BCUT2D eigenvalue weighted by Gasteiger charge is -2.30. The van der Waals surface area contributed by atoms with Gasteiger partial charge in [0, 0.05) is 19.0 Å². The van der Waals surface area contributed by atoms with Gasteiger partial charge in [0.25, 0.3) is 5.91 Å². The quantitative estimate of drug-likeness (QED) is 0.716. The van der Waals surface area contributed by atoms with Gasteiger partial charge in [-0.15, -0.1) is 10.2 Å². The van der Waals surface area contributed by atoms with E-state index in [9.17, 15) is 4.79 Å². The van der Waals surface area contributed by atoms with Crippen LogP contribution in [0.1, 0.15) is 29.6 Å². The molecule has 0 saturated carbocycles. The van der Waals surface area contributed by atoms with Gasteiger partial charge in [0.1, 0.15) is 10.8 Å². The Labute approximate surface area is 149 Å². The Bertz CT molecular complexity index is 868. The van der Waals surface area contributed by atoms with Gasteiger partial charge in [-0.3, -0.25) is 4.79 Å².